The zero-order valence-corrected chi connectivity index (χ0v) is 15.2. The van der Waals surface area contributed by atoms with Crippen LogP contribution in [0.4, 0.5) is 14.5 Å². The van der Waals surface area contributed by atoms with Crippen LogP contribution in [0.3, 0.4) is 0 Å². The fourth-order valence-electron chi connectivity index (χ4n) is 3.06. The van der Waals surface area contributed by atoms with Gasteiger partial charge in [-0.1, -0.05) is 0 Å². The second-order valence-electron chi connectivity index (χ2n) is 6.11. The van der Waals surface area contributed by atoms with E-state index in [0.717, 1.165) is 43.7 Å². The molecule has 2 heterocycles. The van der Waals surface area contributed by atoms with Gasteiger partial charge >= 0.3 is 0 Å². The van der Waals surface area contributed by atoms with Gasteiger partial charge in [0.15, 0.2) is 0 Å². The number of aryl methyl sites for hydroxylation is 1. The van der Waals surface area contributed by atoms with Gasteiger partial charge in [0.2, 0.25) is 5.91 Å². The monoisotopic (exact) mass is 385 g/mol. The third-order valence-electron chi connectivity index (χ3n) is 4.28. The second kappa shape index (κ2) is 9.07. The van der Waals surface area contributed by atoms with Crippen LogP contribution in [-0.4, -0.2) is 46.5 Å². The van der Waals surface area contributed by atoms with Crippen molar-refractivity contribution in [2.24, 2.45) is 7.05 Å². The summed E-state index contributed by atoms with van der Waals surface area (Å²) in [6.07, 6.45) is 3.89. The van der Waals surface area contributed by atoms with Crippen molar-refractivity contribution in [2.75, 3.05) is 31.5 Å². The number of benzene rings is 1. The number of anilines is 1. The number of imidazole rings is 1. The van der Waals surface area contributed by atoms with Gasteiger partial charge in [-0.3, -0.25) is 9.69 Å². The third kappa shape index (κ3) is 5.00. The Morgan fingerprint density at radius 2 is 2.08 bits per heavy atom. The molecule has 1 saturated heterocycles. The Kier molecular flexibility index (Phi) is 7.07. The standard InChI is InChI=1S/C17H21F2N5O.ClH/c1-23-6-4-21-17(23)15-11-20-3-7-24(15)5-2-16(25)22-14-9-12(18)8-13(19)10-14;/h4,6,8-10,15,20H,2-3,5,7,11H2,1H3,(H,22,25);1H. The quantitative estimate of drug-likeness (QED) is 0.827. The first-order valence-corrected chi connectivity index (χ1v) is 8.21. The molecule has 6 nitrogen and oxygen atoms in total. The van der Waals surface area contributed by atoms with Crippen LogP contribution >= 0.6 is 12.4 Å². The number of carbonyl (C=O) groups excluding carboxylic acids is 1. The Morgan fingerprint density at radius 3 is 2.73 bits per heavy atom. The highest BCUT2D eigenvalue weighted by molar-refractivity contribution is 5.90. The molecular weight excluding hydrogens is 364 g/mol. The van der Waals surface area contributed by atoms with E-state index < -0.39 is 11.6 Å². The van der Waals surface area contributed by atoms with Gasteiger partial charge in [-0.15, -0.1) is 12.4 Å². The topological polar surface area (TPSA) is 62.2 Å². The maximum absolute atomic E-state index is 13.2. The summed E-state index contributed by atoms with van der Waals surface area (Å²) in [5, 5.41) is 5.88. The molecule has 1 aromatic heterocycles. The van der Waals surface area contributed by atoms with Crippen LogP contribution < -0.4 is 10.6 Å². The smallest absolute Gasteiger partial charge is 0.225 e. The molecule has 1 aliphatic heterocycles. The summed E-state index contributed by atoms with van der Waals surface area (Å²) < 4.78 is 28.3. The van der Waals surface area contributed by atoms with Crippen LogP contribution in [0, 0.1) is 11.6 Å². The van der Waals surface area contributed by atoms with Gasteiger partial charge in [0, 0.05) is 63.8 Å². The van der Waals surface area contributed by atoms with Crippen molar-refractivity contribution >= 4 is 24.0 Å². The highest BCUT2D eigenvalue weighted by Crippen LogP contribution is 2.20. The predicted octanol–water partition coefficient (Wildman–Crippen LogP) is 2.10. The molecule has 2 N–H and O–H groups in total. The van der Waals surface area contributed by atoms with Gasteiger partial charge < -0.3 is 15.2 Å². The van der Waals surface area contributed by atoms with Crippen molar-refractivity contribution in [3.63, 3.8) is 0 Å². The molecule has 1 unspecified atom stereocenters. The molecule has 1 aromatic carbocycles. The van der Waals surface area contributed by atoms with Gasteiger partial charge in [-0.25, -0.2) is 13.8 Å². The summed E-state index contributed by atoms with van der Waals surface area (Å²) in [5.41, 5.74) is 0.128. The lowest BCUT2D eigenvalue weighted by atomic mass is 10.1. The van der Waals surface area contributed by atoms with E-state index in [9.17, 15) is 13.6 Å². The van der Waals surface area contributed by atoms with Crippen LogP contribution in [0.5, 0.6) is 0 Å². The molecule has 1 amide bonds. The molecule has 1 fully saturated rings. The number of piperazine rings is 1. The SMILES string of the molecule is Cl.Cn1ccnc1C1CNCCN1CCC(=O)Nc1cc(F)cc(F)c1. The van der Waals surface area contributed by atoms with Gasteiger partial charge in [0.05, 0.1) is 6.04 Å². The number of nitrogens with one attached hydrogen (secondary N) is 2. The zero-order chi connectivity index (χ0) is 17.8. The Hall–Kier alpha value is -2.03. The molecule has 0 bridgehead atoms. The minimum atomic E-state index is -0.716. The fraction of sp³-hybridized carbons (Fsp3) is 0.412. The molecular formula is C17H22ClF2N5O. The van der Waals surface area contributed by atoms with Crippen LogP contribution in [0.2, 0.25) is 0 Å². The van der Waals surface area contributed by atoms with Crippen molar-refractivity contribution in [2.45, 2.75) is 12.5 Å². The van der Waals surface area contributed by atoms with E-state index in [1.807, 2.05) is 17.8 Å². The maximum atomic E-state index is 13.2. The number of hydrogen-bond acceptors (Lipinski definition) is 4. The molecule has 0 saturated carbocycles. The first-order valence-electron chi connectivity index (χ1n) is 8.21. The maximum Gasteiger partial charge on any atom is 0.225 e. The Morgan fingerprint density at radius 1 is 1.35 bits per heavy atom. The summed E-state index contributed by atoms with van der Waals surface area (Å²) in [4.78, 5) is 18.7. The van der Waals surface area contributed by atoms with Gasteiger partial charge in [-0.2, -0.15) is 0 Å². The molecule has 1 atom stereocenters. The van der Waals surface area contributed by atoms with E-state index in [2.05, 4.69) is 20.5 Å². The van der Waals surface area contributed by atoms with Gasteiger partial charge in [0.1, 0.15) is 17.5 Å². The molecule has 2 aromatic rings. The molecule has 9 heteroatoms. The number of rotatable bonds is 5. The Balaban J connectivity index is 0.00000243. The highest BCUT2D eigenvalue weighted by Gasteiger charge is 2.26. The molecule has 1 aliphatic rings. The highest BCUT2D eigenvalue weighted by atomic mass is 35.5. The van der Waals surface area contributed by atoms with Crippen LogP contribution in [-0.2, 0) is 11.8 Å². The Labute approximate surface area is 157 Å². The van der Waals surface area contributed by atoms with Crippen molar-refractivity contribution in [1.29, 1.82) is 0 Å². The van der Waals surface area contributed by atoms with Crippen molar-refractivity contribution < 1.29 is 13.6 Å². The molecule has 26 heavy (non-hydrogen) atoms. The largest absolute Gasteiger partial charge is 0.337 e. The van der Waals surface area contributed by atoms with E-state index in [0.29, 0.717) is 6.54 Å². The number of hydrogen-bond donors (Lipinski definition) is 2. The average Bonchev–Trinajstić information content (AvgIpc) is 2.98. The van der Waals surface area contributed by atoms with Gasteiger partial charge in [0.25, 0.3) is 0 Å². The van der Waals surface area contributed by atoms with E-state index in [1.54, 1.807) is 6.20 Å². The van der Waals surface area contributed by atoms with Crippen molar-refractivity contribution in [3.05, 3.63) is 48.1 Å². The Bertz CT molecular complexity index is 734. The van der Waals surface area contributed by atoms with Crippen molar-refractivity contribution in [3.8, 4) is 0 Å². The minimum absolute atomic E-state index is 0. The van der Waals surface area contributed by atoms with Crippen LogP contribution in [0.1, 0.15) is 18.3 Å². The van der Waals surface area contributed by atoms with Gasteiger partial charge in [-0.05, 0) is 12.1 Å². The number of nitrogens with zero attached hydrogens (tertiary/aromatic N) is 3. The first kappa shape index (κ1) is 20.3. The molecule has 3 rings (SSSR count). The van der Waals surface area contributed by atoms with E-state index >= 15 is 0 Å². The predicted molar refractivity (Wildman–Crippen MR) is 97.2 cm³/mol. The number of amides is 1. The molecule has 0 aliphatic carbocycles. The van der Waals surface area contributed by atoms with E-state index in [1.165, 1.54) is 0 Å². The summed E-state index contributed by atoms with van der Waals surface area (Å²) in [6, 6.07) is 3.06. The first-order chi connectivity index (χ1) is 12.0. The van der Waals surface area contributed by atoms with Crippen molar-refractivity contribution in [1.82, 2.24) is 19.8 Å². The fourth-order valence-corrected chi connectivity index (χ4v) is 3.06. The van der Waals surface area contributed by atoms with Crippen LogP contribution in [0.15, 0.2) is 30.6 Å². The van der Waals surface area contributed by atoms with Crippen LogP contribution in [0.25, 0.3) is 0 Å². The number of carbonyl (C=O) groups is 1. The summed E-state index contributed by atoms with van der Waals surface area (Å²) in [5.74, 6) is -0.763. The normalized spacial score (nSPS) is 17.6. The summed E-state index contributed by atoms with van der Waals surface area (Å²) in [6.45, 7) is 2.96. The second-order valence-corrected chi connectivity index (χ2v) is 6.11. The van der Waals surface area contributed by atoms with E-state index in [4.69, 9.17) is 0 Å². The lowest BCUT2D eigenvalue weighted by Crippen LogP contribution is -2.47. The molecule has 0 spiro atoms. The minimum Gasteiger partial charge on any atom is -0.337 e. The summed E-state index contributed by atoms with van der Waals surface area (Å²) in [7, 11) is 1.94. The summed E-state index contributed by atoms with van der Waals surface area (Å²) >= 11 is 0. The zero-order valence-electron chi connectivity index (χ0n) is 14.4. The lowest BCUT2D eigenvalue weighted by Gasteiger charge is -2.35. The number of aromatic nitrogens is 2. The average molecular weight is 386 g/mol. The molecule has 0 radical (unpaired) electrons. The lowest BCUT2D eigenvalue weighted by molar-refractivity contribution is -0.116. The number of halogens is 3. The molecule has 142 valence electrons. The third-order valence-corrected chi connectivity index (χ3v) is 4.28. The van der Waals surface area contributed by atoms with E-state index in [-0.39, 0.29) is 36.5 Å².